The highest BCUT2D eigenvalue weighted by Gasteiger charge is 2.44. The van der Waals surface area contributed by atoms with E-state index in [1.807, 2.05) is 0 Å². The van der Waals surface area contributed by atoms with Crippen LogP contribution in [-0.2, 0) is 24.0 Å². The van der Waals surface area contributed by atoms with Crippen molar-refractivity contribution in [1.29, 1.82) is 0 Å². The number of nitrogens with one attached hydrogen (secondary N) is 3. The SMILES string of the molecule is CC(C)C(NC(=O)CNC(=O)C1CC1c1ccc(F)c(F)c1)C(=O)NC(CCC(=O)O)C(=O)O. The fourth-order valence-electron chi connectivity index (χ4n) is 3.44. The van der Waals surface area contributed by atoms with E-state index < -0.39 is 78.2 Å². The summed E-state index contributed by atoms with van der Waals surface area (Å²) in [5, 5.41) is 25.0. The van der Waals surface area contributed by atoms with Crippen LogP contribution in [-0.4, -0.2) is 58.5 Å². The maximum Gasteiger partial charge on any atom is 0.326 e. The lowest BCUT2D eigenvalue weighted by atomic mass is 10.0. The zero-order valence-electron chi connectivity index (χ0n) is 18.6. The van der Waals surface area contributed by atoms with Crippen molar-refractivity contribution in [3.8, 4) is 0 Å². The lowest BCUT2D eigenvalue weighted by Gasteiger charge is -2.24. The van der Waals surface area contributed by atoms with Crippen LogP contribution in [0.4, 0.5) is 8.78 Å². The molecule has 186 valence electrons. The number of hydrogen-bond acceptors (Lipinski definition) is 5. The van der Waals surface area contributed by atoms with E-state index in [2.05, 4.69) is 16.0 Å². The Hall–Kier alpha value is -3.57. The second-order valence-electron chi connectivity index (χ2n) is 8.46. The van der Waals surface area contributed by atoms with E-state index in [9.17, 15) is 37.9 Å². The van der Waals surface area contributed by atoms with Crippen molar-refractivity contribution in [2.45, 2.75) is 51.1 Å². The van der Waals surface area contributed by atoms with Gasteiger partial charge in [0, 0.05) is 12.3 Å². The summed E-state index contributed by atoms with van der Waals surface area (Å²) in [6, 6.07) is 0.859. The lowest BCUT2D eigenvalue weighted by Crippen LogP contribution is -2.55. The van der Waals surface area contributed by atoms with Crippen molar-refractivity contribution in [3.05, 3.63) is 35.4 Å². The van der Waals surface area contributed by atoms with Gasteiger partial charge < -0.3 is 26.2 Å². The number of benzene rings is 1. The highest BCUT2D eigenvalue weighted by molar-refractivity contribution is 5.92. The molecule has 0 bridgehead atoms. The van der Waals surface area contributed by atoms with Gasteiger partial charge in [0.2, 0.25) is 17.7 Å². The van der Waals surface area contributed by atoms with Crippen molar-refractivity contribution in [3.63, 3.8) is 0 Å². The standard InChI is InChI=1S/C22H27F2N3O7/c1-10(2)19(21(32)26-16(22(33)34)5-6-18(29)30)27-17(28)9-25-20(31)13-8-12(13)11-3-4-14(23)15(24)7-11/h3-4,7,10,12-13,16,19H,5-6,8-9H2,1-2H3,(H,25,31)(H,26,32)(H,27,28)(H,29,30)(H,33,34). The molecule has 2 rings (SSSR count). The molecule has 1 aliphatic rings. The van der Waals surface area contributed by atoms with Crippen molar-refractivity contribution in [2.75, 3.05) is 6.54 Å². The van der Waals surface area contributed by atoms with Gasteiger partial charge in [-0.15, -0.1) is 0 Å². The summed E-state index contributed by atoms with van der Waals surface area (Å²) >= 11 is 0. The summed E-state index contributed by atoms with van der Waals surface area (Å²) in [5.41, 5.74) is 0.482. The molecule has 5 N–H and O–H groups in total. The minimum atomic E-state index is -1.44. The van der Waals surface area contributed by atoms with Gasteiger partial charge in [0.15, 0.2) is 11.6 Å². The van der Waals surface area contributed by atoms with E-state index in [1.54, 1.807) is 13.8 Å². The highest BCUT2D eigenvalue weighted by Crippen LogP contribution is 2.47. The van der Waals surface area contributed by atoms with Crippen LogP contribution < -0.4 is 16.0 Å². The predicted octanol–water partition coefficient (Wildman–Crippen LogP) is 0.760. The molecule has 10 nitrogen and oxygen atoms in total. The molecule has 1 aromatic carbocycles. The first-order chi connectivity index (χ1) is 15.9. The molecule has 0 heterocycles. The molecule has 1 aromatic rings. The third-order valence-corrected chi connectivity index (χ3v) is 5.45. The Morgan fingerprint density at radius 1 is 1.06 bits per heavy atom. The smallest absolute Gasteiger partial charge is 0.326 e. The van der Waals surface area contributed by atoms with E-state index in [1.165, 1.54) is 6.07 Å². The third-order valence-electron chi connectivity index (χ3n) is 5.45. The molecule has 1 aliphatic carbocycles. The minimum absolute atomic E-state index is 0.286. The zero-order valence-corrected chi connectivity index (χ0v) is 18.6. The highest BCUT2D eigenvalue weighted by atomic mass is 19.2. The number of carboxylic acid groups (broad SMARTS) is 2. The van der Waals surface area contributed by atoms with Gasteiger partial charge in [-0.25, -0.2) is 13.6 Å². The Kier molecular flexibility index (Phi) is 9.04. The van der Waals surface area contributed by atoms with E-state index in [4.69, 9.17) is 5.11 Å². The summed E-state index contributed by atoms with van der Waals surface area (Å²) in [5.74, 6) is -7.76. The number of rotatable bonds is 12. The molecule has 0 aromatic heterocycles. The van der Waals surface area contributed by atoms with Crippen LogP contribution in [0.25, 0.3) is 0 Å². The van der Waals surface area contributed by atoms with Gasteiger partial charge in [-0.1, -0.05) is 19.9 Å². The molecule has 4 unspecified atom stereocenters. The van der Waals surface area contributed by atoms with Crippen LogP contribution in [0.2, 0.25) is 0 Å². The Balaban J connectivity index is 1.86. The monoisotopic (exact) mass is 483 g/mol. The average Bonchev–Trinajstić information content (AvgIpc) is 3.55. The van der Waals surface area contributed by atoms with Crippen molar-refractivity contribution in [2.24, 2.45) is 11.8 Å². The van der Waals surface area contributed by atoms with Gasteiger partial charge in [0.1, 0.15) is 12.1 Å². The summed E-state index contributed by atoms with van der Waals surface area (Å²) in [6.07, 6.45) is -0.372. The van der Waals surface area contributed by atoms with Crippen molar-refractivity contribution >= 4 is 29.7 Å². The van der Waals surface area contributed by atoms with Crippen LogP contribution in [0.1, 0.15) is 44.6 Å². The number of amides is 3. The van der Waals surface area contributed by atoms with Crippen LogP contribution in [0.15, 0.2) is 18.2 Å². The van der Waals surface area contributed by atoms with Crippen molar-refractivity contribution < 1.29 is 43.0 Å². The first kappa shape index (κ1) is 26.7. The summed E-state index contributed by atoms with van der Waals surface area (Å²) in [4.78, 5) is 59.1. The van der Waals surface area contributed by atoms with Crippen LogP contribution in [0.5, 0.6) is 0 Å². The molecule has 1 fully saturated rings. The maximum absolute atomic E-state index is 13.4. The topological polar surface area (TPSA) is 162 Å². The molecule has 34 heavy (non-hydrogen) atoms. The average molecular weight is 483 g/mol. The number of carbonyl (C=O) groups excluding carboxylic acids is 3. The van der Waals surface area contributed by atoms with Gasteiger partial charge >= 0.3 is 11.9 Å². The second-order valence-corrected chi connectivity index (χ2v) is 8.46. The lowest BCUT2D eigenvalue weighted by molar-refractivity contribution is -0.143. The van der Waals surface area contributed by atoms with E-state index >= 15 is 0 Å². The Morgan fingerprint density at radius 3 is 2.29 bits per heavy atom. The predicted molar refractivity (Wildman–Crippen MR) is 113 cm³/mol. The Bertz CT molecular complexity index is 970. The number of halogens is 2. The summed E-state index contributed by atoms with van der Waals surface area (Å²) in [6.45, 7) is 2.79. The molecular formula is C22H27F2N3O7. The van der Waals surface area contributed by atoms with Gasteiger partial charge in [0.25, 0.3) is 0 Å². The number of aliphatic carboxylic acids is 2. The fourth-order valence-corrected chi connectivity index (χ4v) is 3.44. The molecule has 4 atom stereocenters. The number of carbonyl (C=O) groups is 5. The normalized spacial score (nSPS) is 18.5. The second kappa shape index (κ2) is 11.5. The van der Waals surface area contributed by atoms with E-state index in [0.29, 0.717) is 12.0 Å². The van der Waals surface area contributed by atoms with Gasteiger partial charge in [0.05, 0.1) is 6.54 Å². The zero-order chi connectivity index (χ0) is 25.6. The quantitative estimate of drug-likeness (QED) is 0.293. The van der Waals surface area contributed by atoms with Crippen molar-refractivity contribution in [1.82, 2.24) is 16.0 Å². The Morgan fingerprint density at radius 2 is 1.74 bits per heavy atom. The van der Waals surface area contributed by atoms with Crippen LogP contribution >= 0.6 is 0 Å². The molecule has 12 heteroatoms. The molecule has 3 amide bonds. The summed E-state index contributed by atoms with van der Waals surface area (Å²) in [7, 11) is 0. The largest absolute Gasteiger partial charge is 0.481 e. The molecule has 1 saturated carbocycles. The number of hydrogen-bond donors (Lipinski definition) is 5. The van der Waals surface area contributed by atoms with Crippen LogP contribution in [0.3, 0.4) is 0 Å². The van der Waals surface area contributed by atoms with Crippen LogP contribution in [0, 0.1) is 23.5 Å². The van der Waals surface area contributed by atoms with E-state index in [-0.39, 0.29) is 12.3 Å². The van der Waals surface area contributed by atoms with Gasteiger partial charge in [-0.05, 0) is 42.4 Å². The Labute approximate surface area is 194 Å². The number of carboxylic acids is 2. The molecule has 0 spiro atoms. The third kappa shape index (κ3) is 7.49. The molecule has 0 aliphatic heterocycles. The van der Waals surface area contributed by atoms with Gasteiger partial charge in [-0.2, -0.15) is 0 Å². The minimum Gasteiger partial charge on any atom is -0.481 e. The van der Waals surface area contributed by atoms with Gasteiger partial charge in [-0.3, -0.25) is 19.2 Å². The van der Waals surface area contributed by atoms with E-state index in [0.717, 1.165) is 12.1 Å². The first-order valence-corrected chi connectivity index (χ1v) is 10.7. The molecular weight excluding hydrogens is 456 g/mol. The summed E-state index contributed by atoms with van der Waals surface area (Å²) < 4.78 is 26.4. The molecule has 0 saturated heterocycles. The first-order valence-electron chi connectivity index (χ1n) is 10.7. The fraction of sp³-hybridized carbons (Fsp3) is 0.500. The maximum atomic E-state index is 13.4. The molecule has 0 radical (unpaired) electrons.